The average molecular weight is 423 g/mol. The fourth-order valence-corrected chi connectivity index (χ4v) is 3.29. The molecule has 6 nitrogen and oxygen atoms in total. The molecule has 1 aliphatic heterocycles. The molecule has 8 heteroatoms. The van der Waals surface area contributed by atoms with Crippen molar-refractivity contribution >= 4 is 40.7 Å². The Kier molecular flexibility index (Phi) is 7.10. The van der Waals surface area contributed by atoms with E-state index < -0.39 is 0 Å². The molecule has 3 heterocycles. The van der Waals surface area contributed by atoms with E-state index in [2.05, 4.69) is 20.6 Å². The van der Waals surface area contributed by atoms with Gasteiger partial charge in [0.05, 0.1) is 15.7 Å². The Labute approximate surface area is 175 Å². The summed E-state index contributed by atoms with van der Waals surface area (Å²) < 4.78 is 5.40. The molecule has 0 bridgehead atoms. The van der Waals surface area contributed by atoms with E-state index in [4.69, 9.17) is 27.9 Å². The predicted octanol–water partition coefficient (Wildman–Crippen LogP) is 4.88. The molecule has 0 spiro atoms. The van der Waals surface area contributed by atoms with Crippen molar-refractivity contribution in [1.82, 2.24) is 9.97 Å². The number of carbonyl (C=O) groups is 1. The van der Waals surface area contributed by atoms with Gasteiger partial charge in [0.15, 0.2) is 0 Å². The first-order chi connectivity index (χ1) is 13.4. The fourth-order valence-electron chi connectivity index (χ4n) is 2.89. The van der Waals surface area contributed by atoms with E-state index in [9.17, 15) is 4.79 Å². The van der Waals surface area contributed by atoms with Gasteiger partial charge in [-0.05, 0) is 37.0 Å². The third-order valence-corrected chi connectivity index (χ3v) is 5.25. The zero-order valence-corrected chi connectivity index (χ0v) is 17.5. The lowest BCUT2D eigenvalue weighted by Gasteiger charge is -2.22. The normalized spacial score (nSPS) is 14.9. The summed E-state index contributed by atoms with van der Waals surface area (Å²) in [6, 6.07) is 5.33. The number of amides is 1. The third-order valence-electron chi connectivity index (χ3n) is 4.64. The number of rotatable bonds is 6. The Morgan fingerprint density at radius 2 is 1.96 bits per heavy atom. The number of nitrogens with one attached hydrogen (secondary N) is 2. The molecular formula is C20H24Cl2N4O2. The van der Waals surface area contributed by atoms with Crippen molar-refractivity contribution in [1.29, 1.82) is 0 Å². The van der Waals surface area contributed by atoms with E-state index in [1.54, 1.807) is 12.1 Å². The lowest BCUT2D eigenvalue weighted by atomic mass is 10.0. The Balaban J connectivity index is 1.80. The molecule has 1 aliphatic rings. The van der Waals surface area contributed by atoms with Crippen LogP contribution in [0.5, 0.6) is 0 Å². The summed E-state index contributed by atoms with van der Waals surface area (Å²) in [6.07, 6.45) is 3.58. The average Bonchev–Trinajstić information content (AvgIpc) is 2.69. The number of aromatic nitrogens is 2. The summed E-state index contributed by atoms with van der Waals surface area (Å²) >= 11 is 12.7. The second-order valence-corrected chi connectivity index (χ2v) is 7.97. The van der Waals surface area contributed by atoms with Gasteiger partial charge >= 0.3 is 0 Å². The van der Waals surface area contributed by atoms with Crippen LogP contribution in [-0.4, -0.2) is 35.6 Å². The van der Waals surface area contributed by atoms with Crippen LogP contribution in [-0.2, 0) is 9.53 Å². The molecule has 28 heavy (non-hydrogen) atoms. The van der Waals surface area contributed by atoms with Gasteiger partial charge in [-0.2, -0.15) is 0 Å². The van der Waals surface area contributed by atoms with Crippen LogP contribution in [0.4, 0.5) is 11.6 Å². The quantitative estimate of drug-likeness (QED) is 0.693. The minimum Gasteiger partial charge on any atom is -0.381 e. The minimum atomic E-state index is -0.152. The summed E-state index contributed by atoms with van der Waals surface area (Å²) in [7, 11) is 0. The second kappa shape index (κ2) is 9.54. The van der Waals surface area contributed by atoms with E-state index in [0.717, 1.165) is 38.4 Å². The molecule has 3 rings (SSSR count). The summed E-state index contributed by atoms with van der Waals surface area (Å²) in [4.78, 5) is 20.8. The van der Waals surface area contributed by atoms with Gasteiger partial charge in [0.25, 0.3) is 0 Å². The SMILES string of the molecule is CC(C)C(=O)Nc1cc(-c2nc(NCC3CCOCC3)ccc2Cl)c(Cl)cn1. The zero-order valence-electron chi connectivity index (χ0n) is 16.0. The van der Waals surface area contributed by atoms with Crippen LogP contribution >= 0.6 is 23.2 Å². The lowest BCUT2D eigenvalue weighted by molar-refractivity contribution is -0.118. The summed E-state index contributed by atoms with van der Waals surface area (Å²) in [5, 5.41) is 7.05. The molecule has 2 N–H and O–H groups in total. The molecule has 0 saturated carbocycles. The van der Waals surface area contributed by atoms with Crippen LogP contribution < -0.4 is 10.6 Å². The first-order valence-electron chi connectivity index (χ1n) is 9.39. The van der Waals surface area contributed by atoms with Crippen LogP contribution in [0.3, 0.4) is 0 Å². The molecule has 1 fully saturated rings. The number of anilines is 2. The van der Waals surface area contributed by atoms with Gasteiger partial charge in [-0.1, -0.05) is 37.0 Å². The topological polar surface area (TPSA) is 76.1 Å². The Morgan fingerprint density at radius 3 is 2.68 bits per heavy atom. The van der Waals surface area contributed by atoms with E-state index in [1.165, 1.54) is 6.20 Å². The smallest absolute Gasteiger partial charge is 0.228 e. The predicted molar refractivity (Wildman–Crippen MR) is 113 cm³/mol. The minimum absolute atomic E-state index is 0.119. The molecule has 0 aromatic carbocycles. The summed E-state index contributed by atoms with van der Waals surface area (Å²) in [5.74, 6) is 1.44. The molecule has 2 aromatic rings. The van der Waals surface area contributed by atoms with E-state index in [0.29, 0.717) is 33.0 Å². The maximum Gasteiger partial charge on any atom is 0.228 e. The molecule has 2 aromatic heterocycles. The van der Waals surface area contributed by atoms with Crippen LogP contribution in [0, 0.1) is 11.8 Å². The number of nitrogens with zero attached hydrogens (tertiary/aromatic N) is 2. The van der Waals surface area contributed by atoms with Crippen molar-refractivity contribution < 1.29 is 9.53 Å². The molecule has 1 saturated heterocycles. The van der Waals surface area contributed by atoms with E-state index in [-0.39, 0.29) is 11.8 Å². The van der Waals surface area contributed by atoms with Crippen molar-refractivity contribution in [3.8, 4) is 11.3 Å². The third kappa shape index (κ3) is 5.34. The lowest BCUT2D eigenvalue weighted by Crippen LogP contribution is -2.22. The standard InChI is InChI=1S/C20H24Cl2N4O2/c1-12(2)20(27)26-18-9-14(16(22)11-24-18)19-15(21)3-4-17(25-19)23-10-13-5-7-28-8-6-13/h3-4,9,11-13H,5-8,10H2,1-2H3,(H,23,25)(H,24,26,27). The van der Waals surface area contributed by atoms with E-state index in [1.807, 2.05) is 19.9 Å². The molecular weight excluding hydrogens is 399 g/mol. The van der Waals surface area contributed by atoms with Crippen molar-refractivity contribution in [3.63, 3.8) is 0 Å². The van der Waals surface area contributed by atoms with Crippen molar-refractivity contribution in [2.75, 3.05) is 30.4 Å². The number of hydrogen-bond acceptors (Lipinski definition) is 5. The maximum absolute atomic E-state index is 12.0. The highest BCUT2D eigenvalue weighted by molar-refractivity contribution is 6.36. The van der Waals surface area contributed by atoms with Crippen molar-refractivity contribution in [2.45, 2.75) is 26.7 Å². The van der Waals surface area contributed by atoms with Crippen molar-refractivity contribution in [2.24, 2.45) is 11.8 Å². The number of carbonyl (C=O) groups excluding carboxylic acids is 1. The van der Waals surface area contributed by atoms with Gasteiger partial charge < -0.3 is 15.4 Å². The van der Waals surface area contributed by atoms with Gasteiger partial charge in [-0.3, -0.25) is 4.79 Å². The molecule has 0 atom stereocenters. The second-order valence-electron chi connectivity index (χ2n) is 7.16. The van der Waals surface area contributed by atoms with Crippen LogP contribution in [0.1, 0.15) is 26.7 Å². The highest BCUT2D eigenvalue weighted by atomic mass is 35.5. The number of ether oxygens (including phenoxy) is 1. The van der Waals surface area contributed by atoms with Gasteiger partial charge in [0.1, 0.15) is 11.6 Å². The summed E-state index contributed by atoms with van der Waals surface area (Å²) in [5.41, 5.74) is 1.17. The molecule has 0 unspecified atom stereocenters. The van der Waals surface area contributed by atoms with Gasteiger partial charge in [0, 0.05) is 37.4 Å². The summed E-state index contributed by atoms with van der Waals surface area (Å²) in [6.45, 7) is 6.08. The van der Waals surface area contributed by atoms with Crippen LogP contribution in [0.2, 0.25) is 10.0 Å². The first-order valence-corrected chi connectivity index (χ1v) is 10.1. The fraction of sp³-hybridized carbons (Fsp3) is 0.450. The van der Waals surface area contributed by atoms with Crippen LogP contribution in [0.25, 0.3) is 11.3 Å². The monoisotopic (exact) mass is 422 g/mol. The Morgan fingerprint density at radius 1 is 1.21 bits per heavy atom. The highest BCUT2D eigenvalue weighted by Gasteiger charge is 2.16. The van der Waals surface area contributed by atoms with Gasteiger partial charge in [0.2, 0.25) is 5.91 Å². The van der Waals surface area contributed by atoms with E-state index >= 15 is 0 Å². The molecule has 1 amide bonds. The number of halogens is 2. The maximum atomic E-state index is 12.0. The number of hydrogen-bond donors (Lipinski definition) is 2. The Bertz CT molecular complexity index is 839. The first kappa shape index (κ1) is 20.8. The number of pyridine rings is 2. The largest absolute Gasteiger partial charge is 0.381 e. The molecule has 150 valence electrons. The highest BCUT2D eigenvalue weighted by Crippen LogP contribution is 2.34. The van der Waals surface area contributed by atoms with Gasteiger partial charge in [-0.25, -0.2) is 9.97 Å². The Hall–Kier alpha value is -1.89. The zero-order chi connectivity index (χ0) is 20.1. The van der Waals surface area contributed by atoms with Crippen LogP contribution in [0.15, 0.2) is 24.4 Å². The van der Waals surface area contributed by atoms with Gasteiger partial charge in [-0.15, -0.1) is 0 Å². The molecule has 0 radical (unpaired) electrons. The van der Waals surface area contributed by atoms with Crippen molar-refractivity contribution in [3.05, 3.63) is 34.4 Å². The molecule has 0 aliphatic carbocycles.